The van der Waals surface area contributed by atoms with Crippen molar-refractivity contribution >= 4 is 17.5 Å². The molecular formula is C20H23ClN4O. The zero-order valence-electron chi connectivity index (χ0n) is 15.0. The topological polar surface area (TPSA) is 49.3 Å². The van der Waals surface area contributed by atoms with Crippen LogP contribution in [0.2, 0.25) is 5.02 Å². The lowest BCUT2D eigenvalue weighted by atomic mass is 9.78. The highest BCUT2D eigenvalue weighted by molar-refractivity contribution is 6.30. The molecule has 2 aromatic rings. The zero-order valence-corrected chi connectivity index (χ0v) is 15.7. The molecule has 0 aliphatic carbocycles. The Labute approximate surface area is 159 Å². The van der Waals surface area contributed by atoms with Crippen LogP contribution in [-0.4, -0.2) is 52.4 Å². The summed E-state index contributed by atoms with van der Waals surface area (Å²) in [5, 5.41) is 0.705. The molecule has 2 aliphatic rings. The number of carbonyl (C=O) groups is 1. The molecule has 1 amide bonds. The predicted octanol–water partition coefficient (Wildman–Crippen LogP) is 3.24. The number of halogens is 1. The van der Waals surface area contributed by atoms with Gasteiger partial charge < -0.3 is 4.90 Å². The highest BCUT2D eigenvalue weighted by Gasteiger charge is 2.47. The molecule has 0 N–H and O–H groups in total. The Morgan fingerprint density at radius 2 is 1.85 bits per heavy atom. The molecule has 136 valence electrons. The SMILES string of the molecule is CN1CCCC2(CCN(Cc3cnc(-c4ccc(Cl)cc4)nc3)C2)C1=O. The van der Waals surface area contributed by atoms with E-state index < -0.39 is 0 Å². The van der Waals surface area contributed by atoms with Crippen LogP contribution in [0.15, 0.2) is 36.7 Å². The van der Waals surface area contributed by atoms with Crippen molar-refractivity contribution in [2.75, 3.05) is 26.7 Å². The normalized spacial score (nSPS) is 23.8. The molecule has 0 radical (unpaired) electrons. The van der Waals surface area contributed by atoms with Crippen LogP contribution in [0.25, 0.3) is 11.4 Å². The van der Waals surface area contributed by atoms with E-state index in [0.29, 0.717) is 16.8 Å². The van der Waals surface area contributed by atoms with Gasteiger partial charge in [-0.15, -0.1) is 0 Å². The van der Waals surface area contributed by atoms with Crippen LogP contribution in [-0.2, 0) is 11.3 Å². The van der Waals surface area contributed by atoms with Gasteiger partial charge >= 0.3 is 0 Å². The first kappa shape index (κ1) is 17.4. The van der Waals surface area contributed by atoms with Gasteiger partial charge in [0.2, 0.25) is 5.91 Å². The second-order valence-corrected chi connectivity index (χ2v) is 7.93. The monoisotopic (exact) mass is 370 g/mol. The summed E-state index contributed by atoms with van der Waals surface area (Å²) in [5.41, 5.74) is 1.87. The number of benzene rings is 1. The molecule has 26 heavy (non-hydrogen) atoms. The molecule has 1 aromatic carbocycles. The molecular weight excluding hydrogens is 348 g/mol. The Morgan fingerprint density at radius 3 is 2.58 bits per heavy atom. The van der Waals surface area contributed by atoms with Gasteiger partial charge in [0.25, 0.3) is 0 Å². The number of amides is 1. The van der Waals surface area contributed by atoms with E-state index >= 15 is 0 Å². The predicted molar refractivity (Wildman–Crippen MR) is 102 cm³/mol. The van der Waals surface area contributed by atoms with Gasteiger partial charge in [-0.05, 0) is 50.1 Å². The van der Waals surface area contributed by atoms with E-state index in [4.69, 9.17) is 11.6 Å². The molecule has 1 unspecified atom stereocenters. The number of rotatable bonds is 3. The summed E-state index contributed by atoms with van der Waals surface area (Å²) >= 11 is 5.93. The van der Waals surface area contributed by atoms with Gasteiger partial charge in [-0.3, -0.25) is 9.69 Å². The zero-order chi connectivity index (χ0) is 18.1. The lowest BCUT2D eigenvalue weighted by Gasteiger charge is -2.37. The fourth-order valence-electron chi connectivity index (χ4n) is 4.18. The smallest absolute Gasteiger partial charge is 0.229 e. The third kappa shape index (κ3) is 3.33. The summed E-state index contributed by atoms with van der Waals surface area (Å²) < 4.78 is 0. The highest BCUT2D eigenvalue weighted by Crippen LogP contribution is 2.40. The van der Waals surface area contributed by atoms with Gasteiger partial charge in [-0.25, -0.2) is 9.97 Å². The minimum Gasteiger partial charge on any atom is -0.345 e. The average Bonchev–Trinajstić information content (AvgIpc) is 3.05. The van der Waals surface area contributed by atoms with Crippen LogP contribution in [0.4, 0.5) is 0 Å². The number of carbonyl (C=O) groups excluding carboxylic acids is 1. The second kappa shape index (κ2) is 6.97. The van der Waals surface area contributed by atoms with E-state index in [1.54, 1.807) is 0 Å². The van der Waals surface area contributed by atoms with Crippen molar-refractivity contribution in [3.8, 4) is 11.4 Å². The molecule has 0 bridgehead atoms. The van der Waals surface area contributed by atoms with E-state index in [9.17, 15) is 4.79 Å². The quantitative estimate of drug-likeness (QED) is 0.832. The lowest BCUT2D eigenvalue weighted by Crippen LogP contribution is -2.48. The number of aromatic nitrogens is 2. The number of nitrogens with zero attached hydrogens (tertiary/aromatic N) is 4. The first-order valence-electron chi connectivity index (χ1n) is 9.11. The summed E-state index contributed by atoms with van der Waals surface area (Å²) in [5.74, 6) is 1.02. The third-order valence-electron chi connectivity index (χ3n) is 5.60. The maximum Gasteiger partial charge on any atom is 0.229 e. The largest absolute Gasteiger partial charge is 0.345 e. The van der Waals surface area contributed by atoms with Crippen LogP contribution in [0.3, 0.4) is 0 Å². The first-order chi connectivity index (χ1) is 12.6. The maximum absolute atomic E-state index is 12.6. The van der Waals surface area contributed by atoms with E-state index in [1.165, 1.54) is 0 Å². The van der Waals surface area contributed by atoms with Crippen molar-refractivity contribution in [1.82, 2.24) is 19.8 Å². The summed E-state index contributed by atoms with van der Waals surface area (Å²) in [7, 11) is 1.93. The molecule has 1 spiro atoms. The van der Waals surface area contributed by atoms with E-state index in [-0.39, 0.29) is 5.41 Å². The van der Waals surface area contributed by atoms with Gasteiger partial charge in [-0.2, -0.15) is 0 Å². The third-order valence-corrected chi connectivity index (χ3v) is 5.85. The van der Waals surface area contributed by atoms with Crippen molar-refractivity contribution in [2.24, 2.45) is 5.41 Å². The van der Waals surface area contributed by atoms with E-state index in [0.717, 1.165) is 56.6 Å². The van der Waals surface area contributed by atoms with Gasteiger partial charge in [0.1, 0.15) is 0 Å². The van der Waals surface area contributed by atoms with Crippen LogP contribution in [0.5, 0.6) is 0 Å². The van der Waals surface area contributed by atoms with Crippen molar-refractivity contribution in [3.63, 3.8) is 0 Å². The summed E-state index contributed by atoms with van der Waals surface area (Å²) in [6, 6.07) is 7.53. The van der Waals surface area contributed by atoms with Crippen LogP contribution in [0.1, 0.15) is 24.8 Å². The summed E-state index contributed by atoms with van der Waals surface area (Å²) in [6.07, 6.45) is 6.85. The van der Waals surface area contributed by atoms with Crippen LogP contribution >= 0.6 is 11.6 Å². The number of hydrogen-bond donors (Lipinski definition) is 0. The number of likely N-dealkylation sites (tertiary alicyclic amines) is 2. The van der Waals surface area contributed by atoms with Crippen molar-refractivity contribution in [3.05, 3.63) is 47.2 Å². The number of piperidine rings is 1. The standard InChI is InChI=1S/C20H23ClN4O/c1-24-9-2-7-20(19(24)26)8-10-25(14-20)13-15-11-22-18(23-12-15)16-3-5-17(21)6-4-16/h3-6,11-12H,2,7-10,13-14H2,1H3. The fraction of sp³-hybridized carbons (Fsp3) is 0.450. The Morgan fingerprint density at radius 1 is 1.12 bits per heavy atom. The van der Waals surface area contributed by atoms with E-state index in [1.807, 2.05) is 48.6 Å². The minimum absolute atomic E-state index is 0.170. The fourth-order valence-corrected chi connectivity index (χ4v) is 4.31. The van der Waals surface area contributed by atoms with Gasteiger partial charge in [0.15, 0.2) is 5.82 Å². The molecule has 2 aliphatic heterocycles. The highest BCUT2D eigenvalue weighted by atomic mass is 35.5. The number of hydrogen-bond acceptors (Lipinski definition) is 4. The summed E-state index contributed by atoms with van der Waals surface area (Å²) in [6.45, 7) is 3.48. The molecule has 5 nitrogen and oxygen atoms in total. The van der Waals surface area contributed by atoms with Gasteiger partial charge in [-0.1, -0.05) is 11.6 Å². The van der Waals surface area contributed by atoms with E-state index in [2.05, 4.69) is 14.9 Å². The molecule has 2 saturated heterocycles. The van der Waals surface area contributed by atoms with Gasteiger partial charge in [0.05, 0.1) is 5.41 Å². The Bertz CT molecular complexity index is 792. The lowest BCUT2D eigenvalue weighted by molar-refractivity contribution is -0.143. The molecule has 1 atom stereocenters. The minimum atomic E-state index is -0.170. The Kier molecular flexibility index (Phi) is 4.67. The van der Waals surface area contributed by atoms with Gasteiger partial charge in [0, 0.05) is 55.2 Å². The Balaban J connectivity index is 1.42. The maximum atomic E-state index is 12.6. The molecule has 2 fully saturated rings. The molecule has 3 heterocycles. The summed E-state index contributed by atoms with van der Waals surface area (Å²) in [4.78, 5) is 25.9. The molecule has 4 rings (SSSR count). The Hall–Kier alpha value is -1.98. The molecule has 0 saturated carbocycles. The van der Waals surface area contributed by atoms with Crippen LogP contribution in [0, 0.1) is 5.41 Å². The molecule has 1 aromatic heterocycles. The first-order valence-corrected chi connectivity index (χ1v) is 9.48. The molecule has 6 heteroatoms. The average molecular weight is 371 g/mol. The second-order valence-electron chi connectivity index (χ2n) is 7.49. The van der Waals surface area contributed by atoms with Crippen molar-refractivity contribution < 1.29 is 4.79 Å². The van der Waals surface area contributed by atoms with Crippen molar-refractivity contribution in [1.29, 1.82) is 0 Å². The van der Waals surface area contributed by atoms with Crippen LogP contribution < -0.4 is 0 Å². The van der Waals surface area contributed by atoms with Crippen molar-refractivity contribution in [2.45, 2.75) is 25.8 Å².